The topological polar surface area (TPSA) is 114 Å². The molecule has 0 aliphatic carbocycles. The Kier molecular flexibility index (Phi) is 7.55. The van der Waals surface area contributed by atoms with Gasteiger partial charge in [0, 0.05) is 18.7 Å². The Bertz CT molecular complexity index is 760. The third-order valence-corrected chi connectivity index (χ3v) is 4.60. The molecule has 1 aromatic carbocycles. The van der Waals surface area contributed by atoms with Gasteiger partial charge in [0.25, 0.3) is 5.69 Å². The van der Waals surface area contributed by atoms with Gasteiger partial charge in [0.1, 0.15) is 11.3 Å². The first kappa shape index (κ1) is 22.6. The van der Waals surface area contributed by atoms with E-state index in [1.807, 2.05) is 4.90 Å². The van der Waals surface area contributed by atoms with Crippen molar-refractivity contribution in [2.75, 3.05) is 25.0 Å². The van der Waals surface area contributed by atoms with E-state index in [9.17, 15) is 19.7 Å². The number of rotatable bonds is 6. The second-order valence-electron chi connectivity index (χ2n) is 8.33. The van der Waals surface area contributed by atoms with Gasteiger partial charge in [-0.1, -0.05) is 12.5 Å². The maximum Gasteiger partial charge on any atom is 0.407 e. The Morgan fingerprint density at radius 3 is 2.69 bits per heavy atom. The Hall–Kier alpha value is -2.68. The molecule has 2 N–H and O–H groups in total. The lowest BCUT2D eigenvalue weighted by molar-refractivity contribution is -0.384. The number of likely N-dealkylation sites (tertiary alicyclic amines) is 1. The number of ether oxygens (including phenoxy) is 1. The van der Waals surface area contributed by atoms with Gasteiger partial charge < -0.3 is 15.4 Å². The molecule has 1 atom stereocenters. The van der Waals surface area contributed by atoms with Crippen molar-refractivity contribution in [2.45, 2.75) is 58.6 Å². The number of hydrogen-bond acceptors (Lipinski definition) is 6. The van der Waals surface area contributed by atoms with Crippen molar-refractivity contribution in [1.82, 2.24) is 10.2 Å². The Morgan fingerprint density at radius 1 is 1.31 bits per heavy atom. The fourth-order valence-corrected chi connectivity index (χ4v) is 3.29. The molecule has 2 amide bonds. The van der Waals surface area contributed by atoms with Gasteiger partial charge in [-0.25, -0.2) is 4.79 Å². The third kappa shape index (κ3) is 7.34. The molecule has 1 saturated heterocycles. The molecule has 1 aliphatic heterocycles. The van der Waals surface area contributed by atoms with Crippen LogP contribution in [0.1, 0.15) is 45.6 Å². The first-order valence-electron chi connectivity index (χ1n) is 9.81. The van der Waals surface area contributed by atoms with Crippen molar-refractivity contribution >= 4 is 23.4 Å². The summed E-state index contributed by atoms with van der Waals surface area (Å²) in [6, 6.07) is 4.71. The predicted molar refractivity (Wildman–Crippen MR) is 110 cm³/mol. The van der Waals surface area contributed by atoms with E-state index in [0.29, 0.717) is 6.54 Å². The number of aryl methyl sites for hydroxylation is 1. The van der Waals surface area contributed by atoms with Gasteiger partial charge >= 0.3 is 6.09 Å². The molecular weight excluding hydrogens is 376 g/mol. The van der Waals surface area contributed by atoms with Crippen LogP contribution in [0, 0.1) is 17.0 Å². The first-order chi connectivity index (χ1) is 13.5. The number of nitrogens with one attached hydrogen (secondary N) is 2. The lowest BCUT2D eigenvalue weighted by Gasteiger charge is -2.35. The molecule has 1 unspecified atom stereocenters. The zero-order valence-corrected chi connectivity index (χ0v) is 17.5. The predicted octanol–water partition coefficient (Wildman–Crippen LogP) is 3.22. The van der Waals surface area contributed by atoms with Crippen molar-refractivity contribution in [3.05, 3.63) is 33.9 Å². The molecule has 9 heteroatoms. The van der Waals surface area contributed by atoms with Crippen molar-refractivity contribution < 1.29 is 19.2 Å². The zero-order valence-electron chi connectivity index (χ0n) is 17.5. The number of piperidine rings is 1. The molecule has 1 heterocycles. The third-order valence-electron chi connectivity index (χ3n) is 4.60. The smallest absolute Gasteiger partial charge is 0.407 e. The summed E-state index contributed by atoms with van der Waals surface area (Å²) < 4.78 is 5.26. The van der Waals surface area contributed by atoms with Gasteiger partial charge in [-0.15, -0.1) is 0 Å². The van der Waals surface area contributed by atoms with Crippen LogP contribution in [0.4, 0.5) is 16.2 Å². The van der Waals surface area contributed by atoms with Crippen LogP contribution >= 0.6 is 0 Å². The van der Waals surface area contributed by atoms with Gasteiger partial charge in [-0.3, -0.25) is 19.8 Å². The summed E-state index contributed by atoms with van der Waals surface area (Å²) in [4.78, 5) is 37.2. The Balaban J connectivity index is 1.95. The highest BCUT2D eigenvalue weighted by molar-refractivity contribution is 5.94. The van der Waals surface area contributed by atoms with E-state index >= 15 is 0 Å². The summed E-state index contributed by atoms with van der Waals surface area (Å²) in [5.74, 6) is -0.318. The average molecular weight is 406 g/mol. The molecule has 1 aliphatic rings. The fraction of sp³-hybridized carbons (Fsp3) is 0.600. The maximum absolute atomic E-state index is 12.5. The van der Waals surface area contributed by atoms with E-state index < -0.39 is 16.6 Å². The number of amides is 2. The van der Waals surface area contributed by atoms with E-state index in [1.165, 1.54) is 6.07 Å². The number of anilines is 1. The molecule has 9 nitrogen and oxygen atoms in total. The summed E-state index contributed by atoms with van der Waals surface area (Å²) in [5.41, 5.74) is 0.240. The Labute approximate surface area is 170 Å². The molecule has 0 spiro atoms. The van der Waals surface area contributed by atoms with Crippen LogP contribution in [-0.4, -0.2) is 53.1 Å². The Morgan fingerprint density at radius 2 is 2.03 bits per heavy atom. The molecule has 1 fully saturated rings. The van der Waals surface area contributed by atoms with Crippen LogP contribution < -0.4 is 10.6 Å². The van der Waals surface area contributed by atoms with Crippen molar-refractivity contribution in [3.8, 4) is 0 Å². The van der Waals surface area contributed by atoms with Gasteiger partial charge in [0.15, 0.2) is 0 Å². The van der Waals surface area contributed by atoms with Crippen LogP contribution in [0.15, 0.2) is 18.2 Å². The first-order valence-corrected chi connectivity index (χ1v) is 9.81. The minimum atomic E-state index is -0.570. The molecule has 0 bridgehead atoms. The van der Waals surface area contributed by atoms with Gasteiger partial charge in [0.05, 0.1) is 11.5 Å². The quantitative estimate of drug-likeness (QED) is 0.554. The van der Waals surface area contributed by atoms with Crippen LogP contribution in [0.3, 0.4) is 0 Å². The van der Waals surface area contributed by atoms with Gasteiger partial charge in [-0.05, 0) is 58.7 Å². The SMILES string of the molecule is Cc1ccc(NC(=O)CN2CCCCC2CNC(=O)OC(C)(C)C)c([N+](=O)[O-])c1. The number of nitro groups is 1. The summed E-state index contributed by atoms with van der Waals surface area (Å²) in [5, 5.41) is 16.7. The van der Waals surface area contributed by atoms with Crippen LogP contribution in [0.2, 0.25) is 0 Å². The number of carbonyl (C=O) groups excluding carboxylic acids is 2. The van der Waals surface area contributed by atoms with Crippen LogP contribution in [0.5, 0.6) is 0 Å². The lowest BCUT2D eigenvalue weighted by Crippen LogP contribution is -2.49. The number of carbonyl (C=O) groups is 2. The molecule has 0 saturated carbocycles. The van der Waals surface area contributed by atoms with E-state index in [2.05, 4.69) is 10.6 Å². The number of benzene rings is 1. The summed E-state index contributed by atoms with van der Waals surface area (Å²) in [6.45, 7) is 8.37. The molecule has 0 aromatic heterocycles. The van der Waals surface area contributed by atoms with Crippen molar-refractivity contribution in [3.63, 3.8) is 0 Å². The number of alkyl carbamates (subject to hydrolysis) is 1. The number of nitrogens with zero attached hydrogens (tertiary/aromatic N) is 2. The largest absolute Gasteiger partial charge is 0.444 e. The van der Waals surface area contributed by atoms with Crippen LogP contribution in [0.25, 0.3) is 0 Å². The number of nitro benzene ring substituents is 1. The van der Waals surface area contributed by atoms with Crippen molar-refractivity contribution in [2.24, 2.45) is 0 Å². The van der Waals surface area contributed by atoms with E-state index in [0.717, 1.165) is 31.4 Å². The van der Waals surface area contributed by atoms with E-state index in [1.54, 1.807) is 39.8 Å². The second kappa shape index (κ2) is 9.69. The second-order valence-corrected chi connectivity index (χ2v) is 8.33. The lowest BCUT2D eigenvalue weighted by atomic mass is 10.0. The van der Waals surface area contributed by atoms with E-state index in [-0.39, 0.29) is 29.9 Å². The standard InChI is InChI=1S/C20H30N4O5/c1-14-8-9-16(17(11-14)24(27)28)22-18(25)13-23-10-6-5-7-15(23)12-21-19(26)29-20(2,3)4/h8-9,11,15H,5-7,10,12-13H2,1-4H3,(H,21,26)(H,22,25). The maximum atomic E-state index is 12.5. The summed E-state index contributed by atoms with van der Waals surface area (Å²) in [6.07, 6.45) is 2.35. The summed E-state index contributed by atoms with van der Waals surface area (Å²) in [7, 11) is 0. The minimum absolute atomic E-state index is 0.00928. The zero-order chi connectivity index (χ0) is 21.6. The highest BCUT2D eigenvalue weighted by Crippen LogP contribution is 2.25. The van der Waals surface area contributed by atoms with E-state index in [4.69, 9.17) is 4.74 Å². The van der Waals surface area contributed by atoms with Crippen molar-refractivity contribution in [1.29, 1.82) is 0 Å². The fourth-order valence-electron chi connectivity index (χ4n) is 3.29. The molecule has 2 rings (SSSR count). The molecule has 160 valence electrons. The highest BCUT2D eigenvalue weighted by atomic mass is 16.6. The van der Waals surface area contributed by atoms with Gasteiger partial charge in [-0.2, -0.15) is 0 Å². The molecular formula is C20H30N4O5. The minimum Gasteiger partial charge on any atom is -0.444 e. The normalized spacial score (nSPS) is 17.4. The molecule has 1 aromatic rings. The van der Waals surface area contributed by atoms with Gasteiger partial charge in [0.2, 0.25) is 5.91 Å². The average Bonchev–Trinajstić information content (AvgIpc) is 2.61. The molecule has 29 heavy (non-hydrogen) atoms. The van der Waals surface area contributed by atoms with Crippen LogP contribution in [-0.2, 0) is 9.53 Å². The number of hydrogen-bond donors (Lipinski definition) is 2. The monoisotopic (exact) mass is 406 g/mol. The highest BCUT2D eigenvalue weighted by Gasteiger charge is 2.26. The summed E-state index contributed by atoms with van der Waals surface area (Å²) >= 11 is 0. The molecule has 0 radical (unpaired) electrons.